The van der Waals surface area contributed by atoms with E-state index < -0.39 is 5.82 Å². The quantitative estimate of drug-likeness (QED) is 0.600. The second-order valence-corrected chi connectivity index (χ2v) is 4.40. The minimum absolute atomic E-state index is 0.155. The molecule has 1 aromatic rings. The monoisotopic (exact) mass is 253 g/mol. The highest BCUT2D eigenvalue weighted by atomic mass is 19.1. The van der Waals surface area contributed by atoms with Crippen molar-refractivity contribution in [2.45, 2.75) is 26.2 Å². The summed E-state index contributed by atoms with van der Waals surface area (Å²) in [5.74, 6) is -0.729. The van der Waals surface area contributed by atoms with E-state index in [2.05, 4.69) is 0 Å². The molecule has 0 heterocycles. The number of Topliss-reactive ketones (excluding diaryl/α,β-unsaturated/α-hetero) is 1. The van der Waals surface area contributed by atoms with E-state index in [9.17, 15) is 9.18 Å². The summed E-state index contributed by atoms with van der Waals surface area (Å²) in [7, 11) is 1.85. The molecule has 0 unspecified atom stereocenters. The number of benzene rings is 1. The molecule has 0 aliphatic heterocycles. The van der Waals surface area contributed by atoms with Gasteiger partial charge in [0.1, 0.15) is 5.82 Å². The fraction of sp³-hybridized carbons (Fsp3) is 0.500. The van der Waals surface area contributed by atoms with Crippen LogP contribution in [0.1, 0.15) is 36.5 Å². The lowest BCUT2D eigenvalue weighted by molar-refractivity contribution is 0.101. The van der Waals surface area contributed by atoms with Gasteiger partial charge in [-0.3, -0.25) is 4.79 Å². The minimum Gasteiger partial charge on any atom is -0.396 e. The molecule has 0 saturated heterocycles. The molecular formula is C14H20FNO2. The summed E-state index contributed by atoms with van der Waals surface area (Å²) in [4.78, 5) is 13.4. The van der Waals surface area contributed by atoms with Gasteiger partial charge in [0.05, 0.1) is 11.3 Å². The topological polar surface area (TPSA) is 40.5 Å². The fourth-order valence-corrected chi connectivity index (χ4v) is 1.94. The number of anilines is 1. The number of hydrogen-bond donors (Lipinski definition) is 1. The van der Waals surface area contributed by atoms with Crippen molar-refractivity contribution >= 4 is 11.5 Å². The number of carbonyl (C=O) groups is 1. The highest BCUT2D eigenvalue weighted by Gasteiger charge is 2.15. The Morgan fingerprint density at radius 3 is 2.67 bits per heavy atom. The van der Waals surface area contributed by atoms with Gasteiger partial charge in [0.25, 0.3) is 0 Å². The largest absolute Gasteiger partial charge is 0.396 e. The third-order valence-electron chi connectivity index (χ3n) is 2.91. The van der Waals surface area contributed by atoms with Crippen LogP contribution in [0.3, 0.4) is 0 Å². The summed E-state index contributed by atoms with van der Waals surface area (Å²) in [5, 5.41) is 8.69. The Labute approximate surface area is 107 Å². The average molecular weight is 253 g/mol. The zero-order chi connectivity index (χ0) is 13.5. The van der Waals surface area contributed by atoms with Crippen LogP contribution in [-0.2, 0) is 0 Å². The summed E-state index contributed by atoms with van der Waals surface area (Å²) >= 11 is 0. The summed E-state index contributed by atoms with van der Waals surface area (Å²) in [6.07, 6.45) is 2.60. The normalized spacial score (nSPS) is 10.4. The van der Waals surface area contributed by atoms with E-state index in [1.54, 1.807) is 12.1 Å². The molecule has 0 aromatic heterocycles. The Kier molecular flexibility index (Phi) is 5.78. The maximum atomic E-state index is 13.6. The van der Waals surface area contributed by atoms with E-state index >= 15 is 0 Å². The lowest BCUT2D eigenvalue weighted by atomic mass is 10.1. The summed E-state index contributed by atoms with van der Waals surface area (Å²) in [5.41, 5.74) is 0.786. The van der Waals surface area contributed by atoms with Crippen LogP contribution in [0.15, 0.2) is 18.2 Å². The second-order valence-electron chi connectivity index (χ2n) is 4.40. The first-order valence-corrected chi connectivity index (χ1v) is 6.19. The lowest BCUT2D eigenvalue weighted by Crippen LogP contribution is -2.21. The predicted molar refractivity (Wildman–Crippen MR) is 70.6 cm³/mol. The molecule has 3 nitrogen and oxygen atoms in total. The molecule has 0 spiro atoms. The first-order chi connectivity index (χ1) is 8.57. The van der Waals surface area contributed by atoms with Crippen LogP contribution in [0.2, 0.25) is 0 Å². The van der Waals surface area contributed by atoms with Crippen molar-refractivity contribution in [3.63, 3.8) is 0 Å². The highest BCUT2D eigenvalue weighted by Crippen LogP contribution is 2.23. The number of aliphatic hydroxyl groups is 1. The Balaban J connectivity index is 2.76. The molecule has 4 heteroatoms. The number of nitrogens with zero attached hydrogens (tertiary/aromatic N) is 1. The van der Waals surface area contributed by atoms with E-state index in [4.69, 9.17) is 5.11 Å². The number of ketones is 1. The molecule has 1 rings (SSSR count). The standard InChI is InChI=1S/C14H20FNO2/c1-11(18)14-12(15)7-6-8-13(14)16(2)9-4-3-5-10-17/h6-8,17H,3-5,9-10H2,1-2H3. The number of aliphatic hydroxyl groups excluding tert-OH is 1. The van der Waals surface area contributed by atoms with Crippen LogP contribution in [0, 0.1) is 5.82 Å². The van der Waals surface area contributed by atoms with Crippen molar-refractivity contribution in [1.82, 2.24) is 0 Å². The van der Waals surface area contributed by atoms with Crippen molar-refractivity contribution in [1.29, 1.82) is 0 Å². The van der Waals surface area contributed by atoms with E-state index in [1.807, 2.05) is 11.9 Å². The van der Waals surface area contributed by atoms with Gasteiger partial charge in [0, 0.05) is 20.2 Å². The first-order valence-electron chi connectivity index (χ1n) is 6.19. The van der Waals surface area contributed by atoms with Crippen molar-refractivity contribution in [3.05, 3.63) is 29.6 Å². The number of carbonyl (C=O) groups excluding carboxylic acids is 1. The smallest absolute Gasteiger partial charge is 0.164 e. The van der Waals surface area contributed by atoms with Gasteiger partial charge < -0.3 is 10.0 Å². The lowest BCUT2D eigenvalue weighted by Gasteiger charge is -2.21. The van der Waals surface area contributed by atoms with Gasteiger partial charge in [-0.2, -0.15) is 0 Å². The molecule has 1 aromatic carbocycles. The molecule has 0 atom stereocenters. The van der Waals surface area contributed by atoms with Crippen molar-refractivity contribution in [2.75, 3.05) is 25.1 Å². The van der Waals surface area contributed by atoms with E-state index in [0.29, 0.717) is 5.69 Å². The molecule has 0 amide bonds. The number of hydrogen-bond acceptors (Lipinski definition) is 3. The SMILES string of the molecule is CC(=O)c1c(F)cccc1N(C)CCCCCO. The van der Waals surface area contributed by atoms with E-state index in [0.717, 1.165) is 25.8 Å². The minimum atomic E-state index is -0.470. The fourth-order valence-electron chi connectivity index (χ4n) is 1.94. The Morgan fingerprint density at radius 2 is 2.06 bits per heavy atom. The van der Waals surface area contributed by atoms with Crippen LogP contribution in [0.5, 0.6) is 0 Å². The maximum Gasteiger partial charge on any atom is 0.164 e. The van der Waals surface area contributed by atoms with Crippen molar-refractivity contribution in [3.8, 4) is 0 Å². The van der Waals surface area contributed by atoms with E-state index in [1.165, 1.54) is 13.0 Å². The summed E-state index contributed by atoms with van der Waals surface area (Å²) in [6, 6.07) is 4.67. The van der Waals surface area contributed by atoms with Gasteiger partial charge in [-0.1, -0.05) is 6.07 Å². The zero-order valence-electron chi connectivity index (χ0n) is 10.9. The molecule has 0 fully saturated rings. The van der Waals surface area contributed by atoms with Gasteiger partial charge in [0.2, 0.25) is 0 Å². The van der Waals surface area contributed by atoms with Gasteiger partial charge in [-0.15, -0.1) is 0 Å². The molecular weight excluding hydrogens is 233 g/mol. The molecule has 18 heavy (non-hydrogen) atoms. The molecule has 0 saturated carbocycles. The molecule has 0 aliphatic carbocycles. The third-order valence-corrected chi connectivity index (χ3v) is 2.91. The van der Waals surface area contributed by atoms with Gasteiger partial charge in [-0.25, -0.2) is 4.39 Å². The average Bonchev–Trinajstić information content (AvgIpc) is 2.33. The second kappa shape index (κ2) is 7.11. The van der Waals surface area contributed by atoms with Crippen molar-refractivity contribution in [2.24, 2.45) is 0 Å². The van der Waals surface area contributed by atoms with Gasteiger partial charge in [0.15, 0.2) is 5.78 Å². The predicted octanol–water partition coefficient (Wildman–Crippen LogP) is 2.63. The summed E-state index contributed by atoms with van der Waals surface area (Å²) < 4.78 is 13.6. The third kappa shape index (κ3) is 3.81. The molecule has 0 aliphatic rings. The Bertz CT molecular complexity index is 407. The van der Waals surface area contributed by atoms with Gasteiger partial charge >= 0.3 is 0 Å². The molecule has 100 valence electrons. The van der Waals surface area contributed by atoms with E-state index in [-0.39, 0.29) is 18.0 Å². The van der Waals surface area contributed by atoms with Gasteiger partial charge in [-0.05, 0) is 38.3 Å². The molecule has 0 bridgehead atoms. The number of halogens is 1. The Hall–Kier alpha value is -1.42. The molecule has 0 radical (unpaired) electrons. The van der Waals surface area contributed by atoms with Crippen LogP contribution in [0.25, 0.3) is 0 Å². The Morgan fingerprint density at radius 1 is 1.33 bits per heavy atom. The van der Waals surface area contributed by atoms with Crippen LogP contribution < -0.4 is 4.90 Å². The zero-order valence-corrected chi connectivity index (χ0v) is 10.9. The van der Waals surface area contributed by atoms with Crippen LogP contribution in [0.4, 0.5) is 10.1 Å². The molecule has 1 N–H and O–H groups in total. The van der Waals surface area contributed by atoms with Crippen LogP contribution >= 0.6 is 0 Å². The number of rotatable bonds is 7. The van der Waals surface area contributed by atoms with Crippen molar-refractivity contribution < 1.29 is 14.3 Å². The first kappa shape index (κ1) is 14.6. The summed E-state index contributed by atoms with van der Waals surface area (Å²) in [6.45, 7) is 2.31. The number of unbranched alkanes of at least 4 members (excludes halogenated alkanes) is 2. The highest BCUT2D eigenvalue weighted by molar-refractivity contribution is 5.99. The van der Waals surface area contributed by atoms with Crippen LogP contribution in [-0.4, -0.2) is 31.1 Å². The maximum absolute atomic E-state index is 13.6.